The molecule has 2 atom stereocenters. The second kappa shape index (κ2) is 29.9. The van der Waals surface area contributed by atoms with Gasteiger partial charge in [0.15, 0.2) is 0 Å². The van der Waals surface area contributed by atoms with Gasteiger partial charge in [0.05, 0.1) is 18.8 Å². The van der Waals surface area contributed by atoms with Crippen molar-refractivity contribution in [1.82, 2.24) is 5.32 Å². The number of nitrogens with one attached hydrogen (secondary N) is 1. The second-order valence-electron chi connectivity index (χ2n) is 10.5. The molecule has 0 fully saturated rings. The third-order valence-corrected chi connectivity index (χ3v) is 6.85. The van der Waals surface area contributed by atoms with Crippen molar-refractivity contribution in [3.63, 3.8) is 0 Å². The first-order valence-corrected chi connectivity index (χ1v) is 15.8. The average Bonchev–Trinajstić information content (AvgIpc) is 2.92. The number of hydrogen-bond acceptors (Lipinski definition) is 3. The summed E-state index contributed by atoms with van der Waals surface area (Å²) in [4.78, 5) is 12.1. The zero-order chi connectivity index (χ0) is 27.9. The Bertz CT molecular complexity index is 623. The number of aliphatic hydroxyl groups excluding tert-OH is 2. The molecule has 4 heteroatoms. The van der Waals surface area contributed by atoms with Gasteiger partial charge in [-0.1, -0.05) is 133 Å². The van der Waals surface area contributed by atoms with E-state index in [2.05, 4.69) is 67.8 Å². The Morgan fingerprint density at radius 3 is 1.68 bits per heavy atom. The van der Waals surface area contributed by atoms with Gasteiger partial charge in [0.25, 0.3) is 0 Å². The van der Waals surface area contributed by atoms with E-state index in [-0.39, 0.29) is 12.5 Å². The molecule has 0 aromatic carbocycles. The number of carbonyl (C=O) groups excluding carboxylic acids is 1. The first-order valence-electron chi connectivity index (χ1n) is 15.8. The number of rotatable bonds is 27. The number of carbonyl (C=O) groups is 1. The first kappa shape index (κ1) is 36.4. The van der Waals surface area contributed by atoms with E-state index >= 15 is 0 Å². The van der Waals surface area contributed by atoms with Crippen molar-refractivity contribution in [2.45, 2.75) is 154 Å². The standard InChI is InChI=1S/C34H61NO3/c1-3-5-7-8-9-10-11-12-13-14-15-16-17-18-19-20-21-22-23-24-25-26-28-30-34(38)35-32(31-36)33(37)29-27-6-4-2/h5,7,9-10,12-13,15-16,32-33,36-37H,3-4,6,8,11,14,17-31H2,1-2H3,(H,35,38)/b7-5-,10-9-,13-12-,16-15-. The van der Waals surface area contributed by atoms with Crippen molar-refractivity contribution in [3.8, 4) is 0 Å². The minimum absolute atomic E-state index is 0.0520. The fraction of sp³-hybridized carbons (Fsp3) is 0.735. The van der Waals surface area contributed by atoms with Crippen LogP contribution in [0.4, 0.5) is 0 Å². The molecule has 0 saturated carbocycles. The van der Waals surface area contributed by atoms with E-state index < -0.39 is 12.1 Å². The lowest BCUT2D eigenvalue weighted by molar-refractivity contribution is -0.123. The Morgan fingerprint density at radius 2 is 1.16 bits per heavy atom. The maximum atomic E-state index is 12.1. The van der Waals surface area contributed by atoms with Crippen molar-refractivity contribution < 1.29 is 15.0 Å². The molecule has 220 valence electrons. The largest absolute Gasteiger partial charge is 0.394 e. The van der Waals surface area contributed by atoms with E-state index in [9.17, 15) is 15.0 Å². The smallest absolute Gasteiger partial charge is 0.220 e. The van der Waals surface area contributed by atoms with Crippen LogP contribution in [0.1, 0.15) is 142 Å². The highest BCUT2D eigenvalue weighted by atomic mass is 16.3. The molecule has 0 heterocycles. The number of unbranched alkanes of at least 4 members (excludes halogenated alkanes) is 12. The van der Waals surface area contributed by atoms with E-state index in [1.54, 1.807) is 0 Å². The number of allylic oxidation sites excluding steroid dienone is 8. The highest BCUT2D eigenvalue weighted by Gasteiger charge is 2.19. The summed E-state index contributed by atoms with van der Waals surface area (Å²) in [5.41, 5.74) is 0. The molecule has 0 aliphatic heterocycles. The summed E-state index contributed by atoms with van der Waals surface area (Å²) >= 11 is 0. The Kier molecular flexibility index (Phi) is 28.6. The fourth-order valence-electron chi connectivity index (χ4n) is 4.41. The Balaban J connectivity index is 3.48. The van der Waals surface area contributed by atoms with Gasteiger partial charge in [0, 0.05) is 6.42 Å². The lowest BCUT2D eigenvalue weighted by Gasteiger charge is -2.22. The van der Waals surface area contributed by atoms with Gasteiger partial charge in [0.1, 0.15) is 0 Å². The molecule has 2 unspecified atom stereocenters. The minimum Gasteiger partial charge on any atom is -0.394 e. The quantitative estimate of drug-likeness (QED) is 0.0732. The minimum atomic E-state index is -0.657. The maximum Gasteiger partial charge on any atom is 0.220 e. The van der Waals surface area contributed by atoms with Crippen LogP contribution < -0.4 is 5.32 Å². The molecule has 1 amide bonds. The van der Waals surface area contributed by atoms with Crippen molar-refractivity contribution in [2.24, 2.45) is 0 Å². The van der Waals surface area contributed by atoms with Gasteiger partial charge in [0.2, 0.25) is 5.91 Å². The van der Waals surface area contributed by atoms with Crippen LogP contribution >= 0.6 is 0 Å². The van der Waals surface area contributed by atoms with Crippen LogP contribution in [-0.2, 0) is 4.79 Å². The van der Waals surface area contributed by atoms with Gasteiger partial charge in [-0.25, -0.2) is 0 Å². The molecule has 0 radical (unpaired) electrons. The molecule has 0 spiro atoms. The summed E-state index contributed by atoms with van der Waals surface area (Å²) in [6.07, 6.45) is 39.3. The first-order chi connectivity index (χ1) is 18.7. The Labute approximate surface area is 235 Å². The average molecular weight is 532 g/mol. The van der Waals surface area contributed by atoms with Gasteiger partial charge in [-0.05, 0) is 51.4 Å². The Hall–Kier alpha value is -1.65. The van der Waals surface area contributed by atoms with Gasteiger partial charge in [-0.3, -0.25) is 4.79 Å². The van der Waals surface area contributed by atoms with Crippen molar-refractivity contribution in [2.75, 3.05) is 6.61 Å². The van der Waals surface area contributed by atoms with Gasteiger partial charge >= 0.3 is 0 Å². The summed E-state index contributed by atoms with van der Waals surface area (Å²) in [7, 11) is 0. The van der Waals surface area contributed by atoms with Crippen LogP contribution in [0, 0.1) is 0 Å². The van der Waals surface area contributed by atoms with E-state index in [1.165, 1.54) is 57.8 Å². The lowest BCUT2D eigenvalue weighted by atomic mass is 10.0. The second-order valence-corrected chi connectivity index (χ2v) is 10.5. The molecule has 0 aromatic heterocycles. The van der Waals surface area contributed by atoms with E-state index in [0.717, 1.165) is 57.8 Å². The summed E-state index contributed by atoms with van der Waals surface area (Å²) in [5, 5.41) is 22.4. The summed E-state index contributed by atoms with van der Waals surface area (Å²) < 4.78 is 0. The van der Waals surface area contributed by atoms with E-state index in [4.69, 9.17) is 0 Å². The summed E-state index contributed by atoms with van der Waals surface area (Å²) in [5.74, 6) is -0.0520. The van der Waals surface area contributed by atoms with Crippen LogP contribution in [0.3, 0.4) is 0 Å². The number of hydrogen-bond donors (Lipinski definition) is 3. The normalized spacial score (nSPS) is 13.9. The molecule has 0 bridgehead atoms. The highest BCUT2D eigenvalue weighted by molar-refractivity contribution is 5.76. The molecule has 38 heavy (non-hydrogen) atoms. The molecule has 3 N–H and O–H groups in total. The van der Waals surface area contributed by atoms with Crippen LogP contribution in [0.25, 0.3) is 0 Å². The topological polar surface area (TPSA) is 69.6 Å². The predicted octanol–water partition coefficient (Wildman–Crippen LogP) is 8.89. The van der Waals surface area contributed by atoms with Crippen LogP contribution in [0.15, 0.2) is 48.6 Å². The molecule has 0 aromatic rings. The van der Waals surface area contributed by atoms with Crippen molar-refractivity contribution in [1.29, 1.82) is 0 Å². The highest BCUT2D eigenvalue weighted by Crippen LogP contribution is 2.13. The molecule has 0 saturated heterocycles. The zero-order valence-electron chi connectivity index (χ0n) is 24.9. The molecule has 0 aliphatic rings. The van der Waals surface area contributed by atoms with Crippen LogP contribution in [0.2, 0.25) is 0 Å². The van der Waals surface area contributed by atoms with Gasteiger partial charge in [-0.2, -0.15) is 0 Å². The molecule has 0 rings (SSSR count). The molecular weight excluding hydrogens is 470 g/mol. The molecular formula is C34H61NO3. The van der Waals surface area contributed by atoms with Crippen molar-refractivity contribution >= 4 is 5.91 Å². The zero-order valence-corrected chi connectivity index (χ0v) is 24.9. The fourth-order valence-corrected chi connectivity index (χ4v) is 4.41. The van der Waals surface area contributed by atoms with Crippen LogP contribution in [-0.4, -0.2) is 34.9 Å². The SMILES string of the molecule is CC/C=C\C/C=C\C/C=C\C/C=C\CCCCCCCCCCCCC(=O)NC(CO)C(O)CCCCC. The van der Waals surface area contributed by atoms with E-state index in [1.807, 2.05) is 0 Å². The maximum absolute atomic E-state index is 12.1. The van der Waals surface area contributed by atoms with Crippen LogP contribution in [0.5, 0.6) is 0 Å². The third kappa shape index (κ3) is 26.0. The van der Waals surface area contributed by atoms with Crippen molar-refractivity contribution in [3.05, 3.63) is 48.6 Å². The van der Waals surface area contributed by atoms with E-state index in [0.29, 0.717) is 12.8 Å². The lowest BCUT2D eigenvalue weighted by Crippen LogP contribution is -2.45. The summed E-state index contributed by atoms with van der Waals surface area (Å²) in [6, 6.07) is -0.534. The van der Waals surface area contributed by atoms with Gasteiger partial charge < -0.3 is 15.5 Å². The Morgan fingerprint density at radius 1 is 0.658 bits per heavy atom. The molecule has 4 nitrogen and oxygen atoms in total. The predicted molar refractivity (Wildman–Crippen MR) is 165 cm³/mol. The van der Waals surface area contributed by atoms with Gasteiger partial charge in [-0.15, -0.1) is 0 Å². The number of amides is 1. The number of aliphatic hydroxyl groups is 2. The third-order valence-electron chi connectivity index (χ3n) is 6.85. The monoisotopic (exact) mass is 531 g/mol. The molecule has 0 aliphatic carbocycles. The summed E-state index contributed by atoms with van der Waals surface area (Å²) in [6.45, 7) is 4.08.